The van der Waals surface area contributed by atoms with Gasteiger partial charge in [0.25, 0.3) is 0 Å². The number of furan rings is 1. The van der Waals surface area contributed by atoms with Gasteiger partial charge in [-0.3, -0.25) is 0 Å². The van der Waals surface area contributed by atoms with Crippen molar-refractivity contribution in [3.05, 3.63) is 36.8 Å². The van der Waals surface area contributed by atoms with Gasteiger partial charge in [0.1, 0.15) is 12.4 Å². The molecule has 0 bridgehead atoms. The van der Waals surface area contributed by atoms with Crippen molar-refractivity contribution in [2.24, 2.45) is 0 Å². The molecule has 6 nitrogen and oxygen atoms in total. The zero-order chi connectivity index (χ0) is 12.0. The monoisotopic (exact) mass is 225 g/mol. The normalized spacial score (nSPS) is 11.5. The van der Waals surface area contributed by atoms with Gasteiger partial charge >= 0.3 is 12.1 Å². The Morgan fingerprint density at radius 3 is 2.94 bits per heavy atom. The molecule has 0 aliphatic rings. The van der Waals surface area contributed by atoms with Crippen molar-refractivity contribution in [3.63, 3.8) is 0 Å². The molecule has 1 heterocycles. The van der Waals surface area contributed by atoms with Crippen molar-refractivity contribution in [3.8, 4) is 0 Å². The van der Waals surface area contributed by atoms with Gasteiger partial charge in [-0.05, 0) is 12.1 Å². The van der Waals surface area contributed by atoms with E-state index in [4.69, 9.17) is 9.52 Å². The fourth-order valence-corrected chi connectivity index (χ4v) is 1.00. The molecular formula is C10H11NO5. The Kier molecular flexibility index (Phi) is 4.14. The van der Waals surface area contributed by atoms with Gasteiger partial charge in [-0.1, -0.05) is 12.7 Å². The van der Waals surface area contributed by atoms with Crippen molar-refractivity contribution in [1.29, 1.82) is 0 Å². The number of carbonyl (C=O) groups is 2. The summed E-state index contributed by atoms with van der Waals surface area (Å²) < 4.78 is 9.49. The molecule has 0 saturated carbocycles. The Bertz CT molecular complexity index is 371. The van der Waals surface area contributed by atoms with Crippen LogP contribution in [-0.2, 0) is 9.53 Å². The van der Waals surface area contributed by atoms with Crippen molar-refractivity contribution in [1.82, 2.24) is 5.32 Å². The third-order valence-electron chi connectivity index (χ3n) is 1.67. The topological polar surface area (TPSA) is 88.8 Å². The Morgan fingerprint density at radius 2 is 2.44 bits per heavy atom. The van der Waals surface area contributed by atoms with E-state index in [1.807, 2.05) is 0 Å². The predicted molar refractivity (Wildman–Crippen MR) is 53.8 cm³/mol. The minimum atomic E-state index is -1.26. The summed E-state index contributed by atoms with van der Waals surface area (Å²) in [7, 11) is 0. The second-order valence-corrected chi connectivity index (χ2v) is 2.82. The van der Waals surface area contributed by atoms with Crippen LogP contribution < -0.4 is 5.32 Å². The molecule has 0 spiro atoms. The zero-order valence-electron chi connectivity index (χ0n) is 8.38. The summed E-state index contributed by atoms with van der Waals surface area (Å²) in [5.74, 6) is -1.10. The Balaban J connectivity index is 2.63. The molecule has 2 N–H and O–H groups in total. The molecule has 1 rings (SSSR count). The number of ether oxygens (including phenoxy) is 1. The van der Waals surface area contributed by atoms with Crippen LogP contribution in [-0.4, -0.2) is 23.8 Å². The number of alkyl carbamates (subject to hydrolysis) is 1. The summed E-state index contributed by atoms with van der Waals surface area (Å²) in [5.41, 5.74) is 0. The highest BCUT2D eigenvalue weighted by Gasteiger charge is 2.24. The molecule has 6 heteroatoms. The van der Waals surface area contributed by atoms with E-state index in [2.05, 4.69) is 16.6 Å². The molecule has 0 radical (unpaired) electrons. The predicted octanol–water partition coefficient (Wildman–Crippen LogP) is 1.32. The van der Waals surface area contributed by atoms with E-state index in [1.54, 1.807) is 0 Å². The average molecular weight is 225 g/mol. The van der Waals surface area contributed by atoms with Crippen molar-refractivity contribution in [2.75, 3.05) is 6.61 Å². The fraction of sp³-hybridized carbons (Fsp3) is 0.200. The van der Waals surface area contributed by atoms with E-state index in [9.17, 15) is 9.59 Å². The highest BCUT2D eigenvalue weighted by molar-refractivity contribution is 5.80. The van der Waals surface area contributed by atoms with Crippen LogP contribution in [0.3, 0.4) is 0 Å². The summed E-state index contributed by atoms with van der Waals surface area (Å²) in [6, 6.07) is 1.72. The average Bonchev–Trinajstić information content (AvgIpc) is 2.75. The van der Waals surface area contributed by atoms with Gasteiger partial charge in [0.05, 0.1) is 6.26 Å². The van der Waals surface area contributed by atoms with Gasteiger partial charge < -0.3 is 19.6 Å². The van der Waals surface area contributed by atoms with Crippen LogP contribution in [0.4, 0.5) is 4.79 Å². The van der Waals surface area contributed by atoms with Gasteiger partial charge in [-0.15, -0.1) is 0 Å². The molecule has 0 aliphatic heterocycles. The van der Waals surface area contributed by atoms with Crippen LogP contribution in [0.25, 0.3) is 0 Å². The van der Waals surface area contributed by atoms with Crippen LogP contribution in [0.5, 0.6) is 0 Å². The van der Waals surface area contributed by atoms with Crippen LogP contribution in [0.2, 0.25) is 0 Å². The number of carboxylic acids is 1. The Labute approximate surface area is 91.5 Å². The van der Waals surface area contributed by atoms with E-state index < -0.39 is 18.1 Å². The third kappa shape index (κ3) is 3.16. The largest absolute Gasteiger partial charge is 0.479 e. The number of hydrogen-bond donors (Lipinski definition) is 2. The lowest BCUT2D eigenvalue weighted by molar-refractivity contribution is -0.140. The first-order valence-electron chi connectivity index (χ1n) is 4.45. The molecule has 0 saturated heterocycles. The molecule has 1 unspecified atom stereocenters. The summed E-state index contributed by atoms with van der Waals surface area (Å²) in [5, 5.41) is 11.0. The van der Waals surface area contributed by atoms with Crippen LogP contribution in [0, 0.1) is 0 Å². The number of rotatable bonds is 5. The van der Waals surface area contributed by atoms with Gasteiger partial charge in [-0.2, -0.15) is 0 Å². The van der Waals surface area contributed by atoms with Crippen molar-refractivity contribution >= 4 is 12.1 Å². The number of carbonyl (C=O) groups excluding carboxylic acids is 1. The summed E-state index contributed by atoms with van der Waals surface area (Å²) >= 11 is 0. The summed E-state index contributed by atoms with van der Waals surface area (Å²) in [6.45, 7) is 3.37. The minimum absolute atomic E-state index is 0.0102. The standard InChI is InChI=1S/C10H11NO5/c1-2-5-16-10(14)11-8(9(12)13)7-4-3-6-15-7/h2-4,6,8H,1,5H2,(H,11,14)(H,12,13). The van der Waals surface area contributed by atoms with Crippen LogP contribution in [0.1, 0.15) is 11.8 Å². The Morgan fingerprint density at radius 1 is 1.69 bits per heavy atom. The maximum Gasteiger partial charge on any atom is 0.408 e. The first kappa shape index (κ1) is 11.8. The number of amides is 1. The number of hydrogen-bond acceptors (Lipinski definition) is 4. The molecule has 0 aromatic carbocycles. The fourth-order valence-electron chi connectivity index (χ4n) is 1.00. The molecule has 1 aromatic heterocycles. The van der Waals surface area contributed by atoms with E-state index in [-0.39, 0.29) is 12.4 Å². The van der Waals surface area contributed by atoms with Crippen LogP contribution in [0.15, 0.2) is 35.5 Å². The first-order valence-corrected chi connectivity index (χ1v) is 4.45. The van der Waals surface area contributed by atoms with E-state index >= 15 is 0 Å². The van der Waals surface area contributed by atoms with Gasteiger partial charge in [0.15, 0.2) is 6.04 Å². The molecule has 1 aromatic rings. The first-order chi connectivity index (χ1) is 7.65. The number of nitrogens with one attached hydrogen (secondary N) is 1. The molecule has 1 amide bonds. The molecular weight excluding hydrogens is 214 g/mol. The van der Waals surface area contributed by atoms with Crippen LogP contribution >= 0.6 is 0 Å². The molecule has 1 atom stereocenters. The third-order valence-corrected chi connectivity index (χ3v) is 1.67. The van der Waals surface area contributed by atoms with E-state index in [0.717, 1.165) is 0 Å². The minimum Gasteiger partial charge on any atom is -0.479 e. The van der Waals surface area contributed by atoms with Crippen molar-refractivity contribution in [2.45, 2.75) is 6.04 Å². The highest BCUT2D eigenvalue weighted by atomic mass is 16.5. The lowest BCUT2D eigenvalue weighted by atomic mass is 10.2. The zero-order valence-corrected chi connectivity index (χ0v) is 8.38. The van der Waals surface area contributed by atoms with E-state index in [1.165, 1.54) is 24.5 Å². The molecule has 86 valence electrons. The maximum atomic E-state index is 11.1. The lowest BCUT2D eigenvalue weighted by Gasteiger charge is -2.11. The molecule has 16 heavy (non-hydrogen) atoms. The maximum absolute atomic E-state index is 11.1. The SMILES string of the molecule is C=CCOC(=O)NC(C(=O)O)c1ccco1. The number of aliphatic carboxylic acids is 1. The second kappa shape index (κ2) is 5.59. The number of carboxylic acid groups (broad SMARTS) is 1. The van der Waals surface area contributed by atoms with Gasteiger partial charge in [0.2, 0.25) is 0 Å². The van der Waals surface area contributed by atoms with Gasteiger partial charge in [-0.25, -0.2) is 9.59 Å². The smallest absolute Gasteiger partial charge is 0.408 e. The Hall–Kier alpha value is -2.24. The molecule has 0 aliphatic carbocycles. The quantitative estimate of drug-likeness (QED) is 0.737. The van der Waals surface area contributed by atoms with Gasteiger partial charge in [0, 0.05) is 0 Å². The summed E-state index contributed by atoms with van der Waals surface area (Å²) in [4.78, 5) is 22.0. The highest BCUT2D eigenvalue weighted by Crippen LogP contribution is 2.13. The summed E-state index contributed by atoms with van der Waals surface area (Å²) in [6.07, 6.45) is 1.85. The van der Waals surface area contributed by atoms with Crippen molar-refractivity contribution < 1.29 is 23.8 Å². The molecule has 0 fully saturated rings. The lowest BCUT2D eigenvalue weighted by Crippen LogP contribution is -2.33. The van der Waals surface area contributed by atoms with E-state index in [0.29, 0.717) is 0 Å². The second-order valence-electron chi connectivity index (χ2n) is 2.82.